The van der Waals surface area contributed by atoms with Crippen molar-refractivity contribution in [2.75, 3.05) is 0 Å². The van der Waals surface area contributed by atoms with Gasteiger partial charge < -0.3 is 9.84 Å². The van der Waals surface area contributed by atoms with E-state index in [-0.39, 0.29) is 11.7 Å². The standard InChI is InChI=1S/C20H14F3NO3/c21-20(22,23)12-3-5-13(6-4-12)27-14-8-11-2-1-7-24-18(11)16(9-14)15-10-17(15)19(25)26/h1-9,15,17H,10H2,(H,25,26)/t15-,17+/m0/s1. The van der Waals surface area contributed by atoms with Crippen LogP contribution in [-0.2, 0) is 11.0 Å². The highest BCUT2D eigenvalue weighted by Gasteiger charge is 2.45. The van der Waals surface area contributed by atoms with Crippen molar-refractivity contribution in [3.8, 4) is 11.5 Å². The Bertz CT molecular complexity index is 1020. The Morgan fingerprint density at radius 3 is 2.48 bits per heavy atom. The molecular weight excluding hydrogens is 359 g/mol. The van der Waals surface area contributed by atoms with Gasteiger partial charge in [-0.1, -0.05) is 6.07 Å². The number of carbonyl (C=O) groups is 1. The number of hydrogen-bond donors (Lipinski definition) is 1. The summed E-state index contributed by atoms with van der Waals surface area (Å²) in [6.45, 7) is 0. The summed E-state index contributed by atoms with van der Waals surface area (Å²) in [5.74, 6) is -0.741. The first kappa shape index (κ1) is 17.3. The molecule has 0 unspecified atom stereocenters. The minimum atomic E-state index is -4.40. The average molecular weight is 373 g/mol. The Morgan fingerprint density at radius 1 is 1.11 bits per heavy atom. The normalized spacial score (nSPS) is 19.1. The van der Waals surface area contributed by atoms with Crippen molar-refractivity contribution in [3.05, 3.63) is 65.9 Å². The lowest BCUT2D eigenvalue weighted by Crippen LogP contribution is -2.04. The molecule has 3 aromatic rings. The van der Waals surface area contributed by atoms with Crippen LogP contribution in [0.3, 0.4) is 0 Å². The monoisotopic (exact) mass is 373 g/mol. The van der Waals surface area contributed by atoms with E-state index < -0.39 is 23.6 Å². The summed E-state index contributed by atoms with van der Waals surface area (Å²) in [4.78, 5) is 15.6. The van der Waals surface area contributed by atoms with E-state index in [9.17, 15) is 23.1 Å². The Hall–Kier alpha value is -3.09. The van der Waals surface area contributed by atoms with Gasteiger partial charge in [0.1, 0.15) is 11.5 Å². The predicted octanol–water partition coefficient (Wildman–Crippen LogP) is 5.23. The number of nitrogens with zero attached hydrogens (tertiary/aromatic N) is 1. The van der Waals surface area contributed by atoms with Crippen molar-refractivity contribution in [1.82, 2.24) is 4.98 Å². The molecule has 1 fully saturated rings. The maximum absolute atomic E-state index is 12.7. The molecule has 138 valence electrons. The summed E-state index contributed by atoms with van der Waals surface area (Å²) in [5, 5.41) is 9.99. The number of benzene rings is 2. The molecule has 1 aromatic heterocycles. The first-order valence-electron chi connectivity index (χ1n) is 8.29. The van der Waals surface area contributed by atoms with Crippen LogP contribution in [0.2, 0.25) is 0 Å². The van der Waals surface area contributed by atoms with Crippen LogP contribution in [0.25, 0.3) is 10.9 Å². The molecule has 1 saturated carbocycles. The van der Waals surface area contributed by atoms with Crippen molar-refractivity contribution in [3.63, 3.8) is 0 Å². The molecule has 2 atom stereocenters. The van der Waals surface area contributed by atoms with E-state index in [1.165, 1.54) is 12.1 Å². The Kier molecular flexibility index (Phi) is 4.02. The molecule has 0 spiro atoms. The van der Waals surface area contributed by atoms with Gasteiger partial charge in [-0.25, -0.2) is 0 Å². The second-order valence-corrected chi connectivity index (χ2v) is 6.50. The van der Waals surface area contributed by atoms with Crippen LogP contribution in [0.4, 0.5) is 13.2 Å². The van der Waals surface area contributed by atoms with Gasteiger partial charge in [-0.15, -0.1) is 0 Å². The van der Waals surface area contributed by atoms with E-state index >= 15 is 0 Å². The maximum Gasteiger partial charge on any atom is 0.416 e. The van der Waals surface area contributed by atoms with Gasteiger partial charge in [0.15, 0.2) is 0 Å². The van der Waals surface area contributed by atoms with E-state index in [2.05, 4.69) is 4.98 Å². The number of ether oxygens (including phenoxy) is 1. The number of hydrogen-bond acceptors (Lipinski definition) is 3. The fourth-order valence-corrected chi connectivity index (χ4v) is 3.19. The van der Waals surface area contributed by atoms with E-state index in [1.807, 2.05) is 6.07 Å². The van der Waals surface area contributed by atoms with Crippen molar-refractivity contribution in [1.29, 1.82) is 0 Å². The van der Waals surface area contributed by atoms with Gasteiger partial charge in [-0.2, -0.15) is 13.2 Å². The molecule has 1 N–H and O–H groups in total. The van der Waals surface area contributed by atoms with Crippen LogP contribution in [-0.4, -0.2) is 16.1 Å². The molecule has 0 radical (unpaired) electrons. The van der Waals surface area contributed by atoms with Crippen molar-refractivity contribution >= 4 is 16.9 Å². The van der Waals surface area contributed by atoms with Crippen LogP contribution in [0.5, 0.6) is 11.5 Å². The highest BCUT2D eigenvalue weighted by atomic mass is 19.4. The van der Waals surface area contributed by atoms with Gasteiger partial charge in [0, 0.05) is 17.5 Å². The number of alkyl halides is 3. The number of fused-ring (bicyclic) bond motifs is 1. The summed E-state index contributed by atoms with van der Waals surface area (Å²) in [6.07, 6.45) is -2.23. The lowest BCUT2D eigenvalue weighted by molar-refractivity contribution is -0.139. The molecule has 7 heteroatoms. The topological polar surface area (TPSA) is 59.4 Å². The minimum Gasteiger partial charge on any atom is -0.481 e. The van der Waals surface area contributed by atoms with E-state index in [0.717, 1.165) is 23.1 Å². The molecule has 0 aliphatic heterocycles. The van der Waals surface area contributed by atoms with Gasteiger partial charge in [0.05, 0.1) is 17.0 Å². The summed E-state index contributed by atoms with van der Waals surface area (Å²) in [7, 11) is 0. The van der Waals surface area contributed by atoms with E-state index in [0.29, 0.717) is 17.7 Å². The number of aliphatic carboxylic acids is 1. The number of aromatic nitrogens is 1. The van der Waals surface area contributed by atoms with E-state index in [1.54, 1.807) is 24.4 Å². The van der Waals surface area contributed by atoms with Crippen LogP contribution >= 0.6 is 0 Å². The van der Waals surface area contributed by atoms with Gasteiger partial charge >= 0.3 is 12.1 Å². The molecule has 2 aromatic carbocycles. The molecule has 1 heterocycles. The lowest BCUT2D eigenvalue weighted by Gasteiger charge is -2.12. The third-order valence-electron chi connectivity index (χ3n) is 4.63. The SMILES string of the molecule is O=C(O)[C@@H]1C[C@H]1c1cc(Oc2ccc(C(F)(F)F)cc2)cc2cccnc12. The number of carboxylic acids is 1. The number of halogens is 3. The van der Waals surface area contributed by atoms with Crippen molar-refractivity contribution < 1.29 is 27.8 Å². The van der Waals surface area contributed by atoms with Gasteiger partial charge in [0.2, 0.25) is 0 Å². The van der Waals surface area contributed by atoms with Crippen LogP contribution in [0, 0.1) is 5.92 Å². The fourth-order valence-electron chi connectivity index (χ4n) is 3.19. The molecule has 4 rings (SSSR count). The van der Waals surface area contributed by atoms with Gasteiger partial charge in [0.25, 0.3) is 0 Å². The Labute approximate surface area is 152 Å². The van der Waals surface area contributed by atoms with E-state index in [4.69, 9.17) is 4.74 Å². The molecular formula is C20H14F3NO3. The minimum absolute atomic E-state index is 0.143. The lowest BCUT2D eigenvalue weighted by atomic mass is 10.0. The highest BCUT2D eigenvalue weighted by Crippen LogP contribution is 2.50. The van der Waals surface area contributed by atoms with Gasteiger partial charge in [-0.05, 0) is 54.4 Å². The zero-order valence-corrected chi connectivity index (χ0v) is 13.9. The Balaban J connectivity index is 1.67. The van der Waals surface area contributed by atoms with Crippen LogP contribution in [0.1, 0.15) is 23.5 Å². The third-order valence-corrected chi connectivity index (χ3v) is 4.63. The Morgan fingerprint density at radius 2 is 1.85 bits per heavy atom. The third kappa shape index (κ3) is 3.45. The first-order chi connectivity index (χ1) is 12.8. The summed E-state index contributed by atoms with van der Waals surface area (Å²) in [5.41, 5.74) is 0.744. The molecule has 0 bridgehead atoms. The number of pyridine rings is 1. The number of carboxylic acid groups (broad SMARTS) is 1. The van der Waals surface area contributed by atoms with Gasteiger partial charge in [-0.3, -0.25) is 9.78 Å². The quantitative estimate of drug-likeness (QED) is 0.680. The summed E-state index contributed by atoms with van der Waals surface area (Å²) in [6, 6.07) is 11.5. The molecule has 1 aliphatic carbocycles. The zero-order chi connectivity index (χ0) is 19.2. The second kappa shape index (κ2) is 6.26. The second-order valence-electron chi connectivity index (χ2n) is 6.50. The largest absolute Gasteiger partial charge is 0.481 e. The smallest absolute Gasteiger partial charge is 0.416 e. The summed E-state index contributed by atoms with van der Waals surface area (Å²) < 4.78 is 43.8. The van der Waals surface area contributed by atoms with Crippen molar-refractivity contribution in [2.45, 2.75) is 18.5 Å². The zero-order valence-electron chi connectivity index (χ0n) is 13.9. The molecule has 0 amide bonds. The van der Waals surface area contributed by atoms with Crippen LogP contribution in [0.15, 0.2) is 54.7 Å². The van der Waals surface area contributed by atoms with Crippen molar-refractivity contribution in [2.24, 2.45) is 5.92 Å². The first-order valence-corrected chi connectivity index (χ1v) is 8.29. The molecule has 0 saturated heterocycles. The summed E-state index contributed by atoms with van der Waals surface area (Å²) >= 11 is 0. The highest BCUT2D eigenvalue weighted by molar-refractivity contribution is 5.86. The average Bonchev–Trinajstić information content (AvgIpc) is 3.42. The molecule has 4 nitrogen and oxygen atoms in total. The molecule has 1 aliphatic rings. The number of rotatable bonds is 4. The fraction of sp³-hybridized carbons (Fsp3) is 0.200. The maximum atomic E-state index is 12.7. The molecule has 27 heavy (non-hydrogen) atoms. The van der Waals surface area contributed by atoms with Crippen LogP contribution < -0.4 is 4.74 Å². The predicted molar refractivity (Wildman–Crippen MR) is 91.7 cm³/mol.